The Hall–Kier alpha value is -3.07. The summed E-state index contributed by atoms with van der Waals surface area (Å²) in [6, 6.07) is 25.0. The predicted octanol–water partition coefficient (Wildman–Crippen LogP) is 4.47. The van der Waals surface area contributed by atoms with Crippen LogP contribution in [0.25, 0.3) is 5.65 Å². The number of pyridine rings is 1. The third kappa shape index (κ3) is 3.08. The van der Waals surface area contributed by atoms with Crippen molar-refractivity contribution in [3.63, 3.8) is 0 Å². The largest absolute Gasteiger partial charge is 0.481 e. The average molecular weight is 343 g/mol. The van der Waals surface area contributed by atoms with Gasteiger partial charge in [-0.3, -0.25) is 0 Å². The van der Waals surface area contributed by atoms with E-state index in [2.05, 4.69) is 77.5 Å². The molecular formula is C23H23N2O+. The number of fused-ring (bicyclic) bond motifs is 1. The van der Waals surface area contributed by atoms with Crippen LogP contribution in [0.15, 0.2) is 79.0 Å². The van der Waals surface area contributed by atoms with Crippen molar-refractivity contribution >= 4 is 5.65 Å². The van der Waals surface area contributed by atoms with E-state index in [0.29, 0.717) is 6.61 Å². The molecule has 0 saturated heterocycles. The van der Waals surface area contributed by atoms with Crippen molar-refractivity contribution in [1.82, 2.24) is 4.57 Å². The van der Waals surface area contributed by atoms with Crippen LogP contribution in [-0.4, -0.2) is 4.57 Å². The number of imidazole rings is 1. The Labute approximate surface area is 154 Å². The van der Waals surface area contributed by atoms with Gasteiger partial charge in [-0.25, -0.2) is 4.57 Å². The van der Waals surface area contributed by atoms with Gasteiger partial charge in [-0.2, -0.15) is 4.40 Å². The van der Waals surface area contributed by atoms with Crippen LogP contribution in [0.5, 0.6) is 5.75 Å². The number of aryl methyl sites for hydroxylation is 1. The lowest BCUT2D eigenvalue weighted by atomic mass is 10.2. The SMILES string of the molecule is Cc1c(C)[n+]2cccc(OCc3ccccc3)c2n1Cc1ccccc1. The molecule has 0 radical (unpaired) electrons. The zero-order valence-corrected chi connectivity index (χ0v) is 15.2. The molecule has 0 spiro atoms. The summed E-state index contributed by atoms with van der Waals surface area (Å²) in [5, 5.41) is 0. The van der Waals surface area contributed by atoms with E-state index in [0.717, 1.165) is 17.9 Å². The van der Waals surface area contributed by atoms with Gasteiger partial charge in [-0.15, -0.1) is 0 Å². The monoisotopic (exact) mass is 343 g/mol. The molecule has 0 bridgehead atoms. The van der Waals surface area contributed by atoms with Crippen LogP contribution < -0.4 is 9.14 Å². The molecule has 2 heterocycles. The normalized spacial score (nSPS) is 11.0. The van der Waals surface area contributed by atoms with Crippen molar-refractivity contribution in [3.8, 4) is 5.75 Å². The molecule has 4 rings (SSSR count). The lowest BCUT2D eigenvalue weighted by molar-refractivity contribution is -0.519. The Morgan fingerprint density at radius 3 is 2.15 bits per heavy atom. The summed E-state index contributed by atoms with van der Waals surface area (Å²) in [6.45, 7) is 5.72. The van der Waals surface area contributed by atoms with E-state index in [1.54, 1.807) is 0 Å². The minimum atomic E-state index is 0.565. The topological polar surface area (TPSA) is 18.3 Å². The quantitative estimate of drug-likeness (QED) is 0.489. The van der Waals surface area contributed by atoms with Crippen LogP contribution in [0.3, 0.4) is 0 Å². The molecule has 0 unspecified atom stereocenters. The average Bonchev–Trinajstić information content (AvgIpc) is 2.93. The highest BCUT2D eigenvalue weighted by Gasteiger charge is 2.23. The highest BCUT2D eigenvalue weighted by molar-refractivity contribution is 5.50. The fraction of sp³-hybridized carbons (Fsp3) is 0.174. The second-order valence-corrected chi connectivity index (χ2v) is 6.58. The maximum atomic E-state index is 6.21. The molecule has 2 aromatic carbocycles. The molecule has 0 aliphatic heterocycles. The molecule has 26 heavy (non-hydrogen) atoms. The van der Waals surface area contributed by atoms with Gasteiger partial charge in [0.1, 0.15) is 24.5 Å². The lowest BCUT2D eigenvalue weighted by Gasteiger charge is -2.07. The minimum absolute atomic E-state index is 0.565. The first kappa shape index (κ1) is 16.4. The number of benzene rings is 2. The summed E-state index contributed by atoms with van der Waals surface area (Å²) < 4.78 is 10.8. The van der Waals surface area contributed by atoms with Gasteiger partial charge < -0.3 is 4.74 Å². The summed E-state index contributed by atoms with van der Waals surface area (Å²) in [7, 11) is 0. The Morgan fingerprint density at radius 1 is 0.808 bits per heavy atom. The van der Waals surface area contributed by atoms with Crippen LogP contribution >= 0.6 is 0 Å². The van der Waals surface area contributed by atoms with E-state index >= 15 is 0 Å². The number of ether oxygens (including phenoxy) is 1. The molecule has 0 N–H and O–H groups in total. The van der Waals surface area contributed by atoms with Gasteiger partial charge in [0.15, 0.2) is 0 Å². The standard InChI is InChI=1S/C23H23N2O/c1-18-19(2)25(16-20-10-5-3-6-11-20)23-22(14-9-15-24(18)23)26-17-21-12-7-4-8-13-21/h3-15H,16-17H2,1-2H3/q+1. The summed E-state index contributed by atoms with van der Waals surface area (Å²) in [5.74, 6) is 0.906. The second-order valence-electron chi connectivity index (χ2n) is 6.58. The molecule has 0 atom stereocenters. The van der Waals surface area contributed by atoms with Crippen LogP contribution in [0.2, 0.25) is 0 Å². The molecule has 2 aromatic heterocycles. The smallest absolute Gasteiger partial charge is 0.329 e. The Bertz CT molecular complexity index is 1020. The van der Waals surface area contributed by atoms with Gasteiger partial charge in [0, 0.05) is 13.8 Å². The van der Waals surface area contributed by atoms with Crippen molar-refractivity contribution in [3.05, 3.63) is 102 Å². The number of aromatic nitrogens is 2. The molecule has 0 aliphatic rings. The zero-order chi connectivity index (χ0) is 17.9. The van der Waals surface area contributed by atoms with E-state index in [1.807, 2.05) is 24.3 Å². The summed E-state index contributed by atoms with van der Waals surface area (Å²) in [4.78, 5) is 0. The number of nitrogens with zero attached hydrogens (tertiary/aromatic N) is 2. The van der Waals surface area contributed by atoms with E-state index in [9.17, 15) is 0 Å². The molecule has 0 aliphatic carbocycles. The van der Waals surface area contributed by atoms with Crippen molar-refractivity contribution in [2.24, 2.45) is 0 Å². The summed E-state index contributed by atoms with van der Waals surface area (Å²) in [6.07, 6.45) is 2.11. The van der Waals surface area contributed by atoms with Crippen molar-refractivity contribution in [1.29, 1.82) is 0 Å². The maximum Gasteiger partial charge on any atom is 0.329 e. The predicted molar refractivity (Wildman–Crippen MR) is 103 cm³/mol. The van der Waals surface area contributed by atoms with Crippen LogP contribution in [0.1, 0.15) is 22.5 Å². The molecule has 0 amide bonds. The van der Waals surface area contributed by atoms with E-state index in [-0.39, 0.29) is 0 Å². The molecule has 3 heteroatoms. The fourth-order valence-electron chi connectivity index (χ4n) is 3.35. The first-order valence-electron chi connectivity index (χ1n) is 8.95. The van der Waals surface area contributed by atoms with Crippen molar-refractivity contribution < 1.29 is 9.14 Å². The molecular weight excluding hydrogens is 320 g/mol. The lowest BCUT2D eigenvalue weighted by Crippen LogP contribution is -2.23. The molecule has 0 saturated carbocycles. The molecule has 130 valence electrons. The van der Waals surface area contributed by atoms with Crippen LogP contribution in [0.4, 0.5) is 0 Å². The number of hydrogen-bond acceptors (Lipinski definition) is 1. The van der Waals surface area contributed by atoms with E-state index in [4.69, 9.17) is 4.74 Å². The minimum Gasteiger partial charge on any atom is -0.481 e. The van der Waals surface area contributed by atoms with Gasteiger partial charge >= 0.3 is 5.65 Å². The van der Waals surface area contributed by atoms with E-state index in [1.165, 1.54) is 22.5 Å². The van der Waals surface area contributed by atoms with Gasteiger partial charge in [-0.1, -0.05) is 60.7 Å². The first-order chi connectivity index (χ1) is 12.7. The van der Waals surface area contributed by atoms with Crippen molar-refractivity contribution in [2.75, 3.05) is 0 Å². The highest BCUT2D eigenvalue weighted by Crippen LogP contribution is 2.22. The highest BCUT2D eigenvalue weighted by atomic mass is 16.5. The zero-order valence-electron chi connectivity index (χ0n) is 15.2. The Balaban J connectivity index is 1.75. The summed E-state index contributed by atoms with van der Waals surface area (Å²) in [5.41, 5.74) is 6.04. The van der Waals surface area contributed by atoms with Crippen molar-refractivity contribution in [2.45, 2.75) is 27.0 Å². The number of rotatable bonds is 5. The van der Waals surface area contributed by atoms with Gasteiger partial charge in [-0.05, 0) is 23.3 Å². The van der Waals surface area contributed by atoms with Gasteiger partial charge in [0.25, 0.3) is 0 Å². The van der Waals surface area contributed by atoms with Crippen LogP contribution in [-0.2, 0) is 13.2 Å². The molecule has 4 aromatic rings. The second kappa shape index (κ2) is 7.04. The fourth-order valence-corrected chi connectivity index (χ4v) is 3.35. The molecule has 3 nitrogen and oxygen atoms in total. The number of hydrogen-bond donors (Lipinski definition) is 0. The van der Waals surface area contributed by atoms with E-state index < -0.39 is 0 Å². The third-order valence-corrected chi connectivity index (χ3v) is 4.90. The van der Waals surface area contributed by atoms with Crippen LogP contribution in [0, 0.1) is 13.8 Å². The first-order valence-corrected chi connectivity index (χ1v) is 8.95. The summed E-state index contributed by atoms with van der Waals surface area (Å²) >= 11 is 0. The maximum absolute atomic E-state index is 6.21. The third-order valence-electron chi connectivity index (χ3n) is 4.90. The Kier molecular flexibility index (Phi) is 4.44. The van der Waals surface area contributed by atoms with Gasteiger partial charge in [0.2, 0.25) is 5.75 Å². The van der Waals surface area contributed by atoms with Gasteiger partial charge in [0.05, 0.1) is 6.20 Å². The Morgan fingerprint density at radius 2 is 1.46 bits per heavy atom. The molecule has 0 fully saturated rings.